The van der Waals surface area contributed by atoms with Crippen LogP contribution in [0.3, 0.4) is 0 Å². The summed E-state index contributed by atoms with van der Waals surface area (Å²) in [5.74, 6) is -0.102. The summed E-state index contributed by atoms with van der Waals surface area (Å²) in [6, 6.07) is 0. The summed E-state index contributed by atoms with van der Waals surface area (Å²) < 4.78 is 5.63. The maximum Gasteiger partial charge on any atom is 0.328 e. The summed E-state index contributed by atoms with van der Waals surface area (Å²) in [7, 11) is 0. The lowest BCUT2D eigenvalue weighted by Gasteiger charge is -2.11. The van der Waals surface area contributed by atoms with Crippen LogP contribution in [0, 0.1) is 0 Å². The van der Waals surface area contributed by atoms with Crippen LogP contribution < -0.4 is 0 Å². The Bertz CT molecular complexity index is 623. The highest BCUT2D eigenvalue weighted by molar-refractivity contribution is 5.81. The molecule has 0 aromatic carbocycles. The van der Waals surface area contributed by atoms with Crippen molar-refractivity contribution in [3.63, 3.8) is 0 Å². The topological polar surface area (TPSA) is 46.5 Å². The summed E-state index contributed by atoms with van der Waals surface area (Å²) in [6.07, 6.45) is 20.4. The number of carbonyl (C=O) groups is 1. The fourth-order valence-electron chi connectivity index (χ4n) is 2.05. The van der Waals surface area contributed by atoms with Crippen molar-refractivity contribution < 1.29 is 14.6 Å². The van der Waals surface area contributed by atoms with Gasteiger partial charge in [-0.25, -0.2) is 4.79 Å². The average Bonchev–Trinajstić information content (AvgIpc) is 2.71. The van der Waals surface area contributed by atoms with Crippen LogP contribution in [0.25, 0.3) is 0 Å². The highest BCUT2D eigenvalue weighted by atomic mass is 16.5. The summed E-state index contributed by atoms with van der Waals surface area (Å²) in [5, 5.41) is 8.70. The van der Waals surface area contributed by atoms with Gasteiger partial charge < -0.3 is 9.84 Å². The molecule has 2 rings (SSSR count). The number of ether oxygens (including phenoxy) is 1. The number of hydrogen-bond donors (Lipinski definition) is 1. The predicted molar refractivity (Wildman–Crippen MR) is 83.4 cm³/mol. The number of allylic oxidation sites excluding steroid dienone is 11. The van der Waals surface area contributed by atoms with Gasteiger partial charge >= 0.3 is 5.97 Å². The molecule has 0 spiro atoms. The first-order valence-electron chi connectivity index (χ1n) is 6.86. The van der Waals surface area contributed by atoms with E-state index in [1.807, 2.05) is 30.4 Å². The van der Waals surface area contributed by atoms with E-state index < -0.39 is 5.97 Å². The van der Waals surface area contributed by atoms with Crippen LogP contribution in [0.5, 0.6) is 0 Å². The van der Waals surface area contributed by atoms with Crippen molar-refractivity contribution in [1.82, 2.24) is 0 Å². The molecule has 3 nitrogen and oxygen atoms in total. The molecule has 0 radical (unpaired) electrons. The molecule has 3 heteroatoms. The summed E-state index contributed by atoms with van der Waals surface area (Å²) in [5.41, 5.74) is 2.82. The number of carboxylic acid groups (broad SMARTS) is 1. The first-order chi connectivity index (χ1) is 10.1. The molecule has 0 amide bonds. The Balaban J connectivity index is 2.18. The zero-order chi connectivity index (χ0) is 15.1. The Morgan fingerprint density at radius 1 is 1.33 bits per heavy atom. The Morgan fingerprint density at radius 3 is 2.90 bits per heavy atom. The van der Waals surface area contributed by atoms with E-state index in [1.165, 1.54) is 11.6 Å². The highest BCUT2D eigenvalue weighted by Gasteiger charge is 2.09. The van der Waals surface area contributed by atoms with Crippen molar-refractivity contribution in [3.05, 3.63) is 83.4 Å². The van der Waals surface area contributed by atoms with E-state index >= 15 is 0 Å². The molecule has 0 fully saturated rings. The molecule has 0 saturated carbocycles. The van der Waals surface area contributed by atoms with Gasteiger partial charge in [0.1, 0.15) is 5.76 Å². The lowest BCUT2D eigenvalue weighted by molar-refractivity contribution is -0.131. The molecule has 0 saturated heterocycles. The van der Waals surface area contributed by atoms with Gasteiger partial charge in [-0.2, -0.15) is 0 Å². The van der Waals surface area contributed by atoms with Crippen LogP contribution in [0.1, 0.15) is 19.8 Å². The quantitative estimate of drug-likeness (QED) is 0.621. The molecule has 2 aliphatic rings. The molecular weight excluding hydrogens is 264 g/mol. The molecule has 108 valence electrons. The Kier molecular flexibility index (Phi) is 5.16. The molecular formula is C18H18O3. The van der Waals surface area contributed by atoms with Gasteiger partial charge in [0.25, 0.3) is 0 Å². The second-order valence-corrected chi connectivity index (χ2v) is 4.84. The predicted octanol–water partition coefficient (Wildman–Crippen LogP) is 4.20. The van der Waals surface area contributed by atoms with Crippen LogP contribution in [-0.2, 0) is 9.53 Å². The SMILES string of the molecule is CC(/C=C/C1=CC=COC(C2=CC=CCC2)=C1)=C\C(=O)O. The van der Waals surface area contributed by atoms with Crippen LogP contribution in [-0.4, -0.2) is 11.1 Å². The number of carboxylic acids is 1. The molecule has 0 bridgehead atoms. The Labute approximate surface area is 124 Å². The van der Waals surface area contributed by atoms with Gasteiger partial charge in [0.15, 0.2) is 0 Å². The smallest absolute Gasteiger partial charge is 0.328 e. The van der Waals surface area contributed by atoms with E-state index in [-0.39, 0.29) is 0 Å². The van der Waals surface area contributed by atoms with Crippen LogP contribution in [0.15, 0.2) is 83.4 Å². The Hall–Kier alpha value is -2.55. The maximum atomic E-state index is 10.6. The molecule has 21 heavy (non-hydrogen) atoms. The number of aliphatic carboxylic acids is 1. The Morgan fingerprint density at radius 2 is 2.19 bits per heavy atom. The third-order valence-corrected chi connectivity index (χ3v) is 3.08. The second kappa shape index (κ2) is 7.29. The lowest BCUT2D eigenvalue weighted by Crippen LogP contribution is -1.94. The zero-order valence-corrected chi connectivity index (χ0v) is 12.0. The van der Waals surface area contributed by atoms with Gasteiger partial charge in [-0.15, -0.1) is 0 Å². The first kappa shape index (κ1) is 14.9. The maximum absolute atomic E-state index is 10.6. The summed E-state index contributed by atoms with van der Waals surface area (Å²) in [6.45, 7) is 1.76. The van der Waals surface area contributed by atoms with Gasteiger partial charge in [-0.05, 0) is 48.6 Å². The summed E-state index contributed by atoms with van der Waals surface area (Å²) >= 11 is 0. The van der Waals surface area contributed by atoms with E-state index in [2.05, 4.69) is 12.2 Å². The molecule has 0 atom stereocenters. The van der Waals surface area contributed by atoms with Crippen LogP contribution in [0.4, 0.5) is 0 Å². The third kappa shape index (κ3) is 4.80. The average molecular weight is 282 g/mol. The van der Waals surface area contributed by atoms with Crippen LogP contribution >= 0.6 is 0 Å². The van der Waals surface area contributed by atoms with E-state index in [4.69, 9.17) is 9.84 Å². The van der Waals surface area contributed by atoms with Crippen molar-refractivity contribution >= 4 is 5.97 Å². The largest absolute Gasteiger partial charge is 0.478 e. The van der Waals surface area contributed by atoms with Gasteiger partial charge in [-0.3, -0.25) is 0 Å². The van der Waals surface area contributed by atoms with E-state index in [0.29, 0.717) is 5.57 Å². The first-order valence-corrected chi connectivity index (χ1v) is 6.86. The molecule has 1 N–H and O–H groups in total. The second-order valence-electron chi connectivity index (χ2n) is 4.84. The van der Waals surface area contributed by atoms with Gasteiger partial charge in [0, 0.05) is 6.08 Å². The molecule has 0 aromatic rings. The van der Waals surface area contributed by atoms with Gasteiger partial charge in [0.2, 0.25) is 0 Å². The lowest BCUT2D eigenvalue weighted by atomic mass is 10.0. The minimum Gasteiger partial charge on any atom is -0.478 e. The normalized spacial score (nSPS) is 18.7. The molecule has 1 aliphatic heterocycles. The third-order valence-electron chi connectivity index (χ3n) is 3.08. The van der Waals surface area contributed by atoms with Crippen molar-refractivity contribution in [2.24, 2.45) is 0 Å². The minimum atomic E-state index is -0.939. The van der Waals surface area contributed by atoms with E-state index in [0.717, 1.165) is 24.2 Å². The van der Waals surface area contributed by atoms with Crippen LogP contribution in [0.2, 0.25) is 0 Å². The van der Waals surface area contributed by atoms with Crippen molar-refractivity contribution in [2.45, 2.75) is 19.8 Å². The van der Waals surface area contributed by atoms with Gasteiger partial charge in [0.05, 0.1) is 6.26 Å². The van der Waals surface area contributed by atoms with Crippen molar-refractivity contribution in [3.8, 4) is 0 Å². The minimum absolute atomic E-state index is 0.687. The zero-order valence-electron chi connectivity index (χ0n) is 12.0. The molecule has 0 aromatic heterocycles. The van der Waals surface area contributed by atoms with E-state index in [1.54, 1.807) is 19.3 Å². The molecule has 1 heterocycles. The molecule has 1 aliphatic carbocycles. The van der Waals surface area contributed by atoms with E-state index in [9.17, 15) is 4.79 Å². The summed E-state index contributed by atoms with van der Waals surface area (Å²) in [4.78, 5) is 10.6. The van der Waals surface area contributed by atoms with Crippen molar-refractivity contribution in [2.75, 3.05) is 0 Å². The van der Waals surface area contributed by atoms with Crippen molar-refractivity contribution in [1.29, 1.82) is 0 Å². The monoisotopic (exact) mass is 282 g/mol. The standard InChI is InChI=1S/C18H18O3/c1-14(12-18(19)20)9-10-15-6-5-11-21-17(13-15)16-7-3-2-4-8-16/h2-3,5-7,9-13H,4,8H2,1H3,(H,19,20)/b10-9+,14-12+. The number of rotatable bonds is 4. The van der Waals surface area contributed by atoms with Gasteiger partial charge in [-0.1, -0.05) is 36.5 Å². The number of hydrogen-bond acceptors (Lipinski definition) is 2. The fourth-order valence-corrected chi connectivity index (χ4v) is 2.05. The highest BCUT2D eigenvalue weighted by Crippen LogP contribution is 2.24. The fraction of sp³-hybridized carbons (Fsp3) is 0.167. The molecule has 0 unspecified atom stereocenters.